The lowest BCUT2D eigenvalue weighted by molar-refractivity contribution is 0.0828. The number of aromatic nitrogens is 1. The van der Waals surface area contributed by atoms with Gasteiger partial charge in [0.2, 0.25) is 0 Å². The Bertz CT molecular complexity index is 888. The summed E-state index contributed by atoms with van der Waals surface area (Å²) in [4.78, 5) is 23.5. The molecule has 3 rings (SSSR count). The Morgan fingerprint density at radius 3 is 2.45 bits per heavy atom. The molecule has 0 atom stereocenters. The average Bonchev–Trinajstić information content (AvgIpc) is 2.77. The van der Waals surface area contributed by atoms with Gasteiger partial charge in [-0.2, -0.15) is 0 Å². The molecule has 0 unspecified atom stereocenters. The van der Waals surface area contributed by atoms with Gasteiger partial charge in [-0.15, -0.1) is 12.4 Å². The lowest BCUT2D eigenvalue weighted by Crippen LogP contribution is -2.47. The zero-order valence-electron chi connectivity index (χ0n) is 18.5. The van der Waals surface area contributed by atoms with Gasteiger partial charge in [0.05, 0.1) is 18.4 Å². The third kappa shape index (κ3) is 5.95. The molecule has 0 saturated carbocycles. The summed E-state index contributed by atoms with van der Waals surface area (Å²) in [7, 11) is 5.22. The van der Waals surface area contributed by atoms with E-state index in [-0.39, 0.29) is 18.3 Å². The number of methoxy groups -OCH3 is 1. The molecule has 1 fully saturated rings. The standard InChI is InChI=1S/C22H30BrN5O2.ClH/c1-5-10-24-21-17(22(29)26(2)3)7-9-20(25-21)28-13-11-27(12-14-28)18-8-6-16(23)15-19(18)30-4;/h6-9,15H,5,10-14H2,1-4H3,(H,24,25);1H. The van der Waals surface area contributed by atoms with Crippen molar-refractivity contribution in [1.82, 2.24) is 9.88 Å². The van der Waals surface area contributed by atoms with Gasteiger partial charge in [-0.25, -0.2) is 4.98 Å². The first-order valence-corrected chi connectivity index (χ1v) is 11.0. The van der Waals surface area contributed by atoms with Crippen LogP contribution in [0.15, 0.2) is 34.8 Å². The van der Waals surface area contributed by atoms with Crippen molar-refractivity contribution in [2.45, 2.75) is 13.3 Å². The summed E-state index contributed by atoms with van der Waals surface area (Å²) in [6.45, 7) is 6.31. The molecule has 2 heterocycles. The predicted molar refractivity (Wildman–Crippen MR) is 133 cm³/mol. The zero-order chi connectivity index (χ0) is 21.7. The van der Waals surface area contributed by atoms with Crippen molar-refractivity contribution in [3.05, 3.63) is 40.4 Å². The summed E-state index contributed by atoms with van der Waals surface area (Å²) in [5.41, 5.74) is 1.71. The van der Waals surface area contributed by atoms with Crippen molar-refractivity contribution in [2.75, 3.05) is 69.0 Å². The first kappa shape index (κ1) is 25.1. The molecule has 1 aromatic heterocycles. The van der Waals surface area contributed by atoms with Gasteiger partial charge in [-0.3, -0.25) is 4.79 Å². The third-order valence-corrected chi connectivity index (χ3v) is 5.64. The third-order valence-electron chi connectivity index (χ3n) is 5.15. The highest BCUT2D eigenvalue weighted by Crippen LogP contribution is 2.32. The molecule has 1 amide bonds. The number of carbonyl (C=O) groups excluding carboxylic acids is 1. The number of anilines is 3. The summed E-state index contributed by atoms with van der Waals surface area (Å²) >= 11 is 3.50. The Morgan fingerprint density at radius 1 is 1.16 bits per heavy atom. The number of nitrogens with zero attached hydrogens (tertiary/aromatic N) is 4. The second-order valence-corrected chi connectivity index (χ2v) is 8.40. The van der Waals surface area contributed by atoms with E-state index < -0.39 is 0 Å². The van der Waals surface area contributed by atoms with Gasteiger partial charge in [-0.05, 0) is 36.8 Å². The van der Waals surface area contributed by atoms with Crippen LogP contribution in [0.2, 0.25) is 0 Å². The van der Waals surface area contributed by atoms with E-state index in [4.69, 9.17) is 9.72 Å². The maximum atomic E-state index is 12.5. The number of nitrogens with one attached hydrogen (secondary N) is 1. The van der Waals surface area contributed by atoms with Gasteiger partial charge in [0.15, 0.2) is 0 Å². The van der Waals surface area contributed by atoms with E-state index in [1.165, 1.54) is 0 Å². The molecule has 31 heavy (non-hydrogen) atoms. The SMILES string of the molecule is CCCNc1nc(N2CCN(c3ccc(Br)cc3OC)CC2)ccc1C(=O)N(C)C.Cl. The van der Waals surface area contributed by atoms with Crippen molar-refractivity contribution in [3.63, 3.8) is 0 Å². The fourth-order valence-corrected chi connectivity index (χ4v) is 3.85. The fraction of sp³-hybridized carbons (Fsp3) is 0.455. The lowest BCUT2D eigenvalue weighted by Gasteiger charge is -2.37. The topological polar surface area (TPSA) is 60.9 Å². The molecular weight excluding hydrogens is 482 g/mol. The molecule has 1 saturated heterocycles. The molecule has 0 aliphatic carbocycles. The molecule has 2 aromatic rings. The fourth-order valence-electron chi connectivity index (χ4n) is 3.51. The van der Waals surface area contributed by atoms with Crippen LogP contribution in [0.3, 0.4) is 0 Å². The number of rotatable bonds is 7. The largest absolute Gasteiger partial charge is 0.495 e. The molecule has 7 nitrogen and oxygen atoms in total. The summed E-state index contributed by atoms with van der Waals surface area (Å²) in [5.74, 6) is 2.38. The van der Waals surface area contributed by atoms with Crippen LogP contribution < -0.4 is 19.9 Å². The number of ether oxygens (including phenoxy) is 1. The minimum Gasteiger partial charge on any atom is -0.495 e. The molecular formula is C22H31BrClN5O2. The van der Waals surface area contributed by atoms with Gasteiger partial charge >= 0.3 is 0 Å². The van der Waals surface area contributed by atoms with Gasteiger partial charge in [0, 0.05) is 51.3 Å². The van der Waals surface area contributed by atoms with Crippen LogP contribution in [0.4, 0.5) is 17.3 Å². The number of pyridine rings is 1. The van der Waals surface area contributed by atoms with Crippen LogP contribution in [-0.4, -0.2) is 69.7 Å². The Kier molecular flexibility index (Phi) is 9.25. The first-order valence-electron chi connectivity index (χ1n) is 10.2. The predicted octanol–water partition coefficient (Wildman–Crippen LogP) is 4.12. The average molecular weight is 513 g/mol. The highest BCUT2D eigenvalue weighted by atomic mass is 79.9. The van der Waals surface area contributed by atoms with E-state index in [9.17, 15) is 4.79 Å². The Labute approximate surface area is 199 Å². The highest BCUT2D eigenvalue weighted by molar-refractivity contribution is 9.10. The number of carbonyl (C=O) groups is 1. The summed E-state index contributed by atoms with van der Waals surface area (Å²) in [5, 5.41) is 3.32. The van der Waals surface area contributed by atoms with E-state index in [0.717, 1.165) is 60.9 Å². The maximum Gasteiger partial charge on any atom is 0.257 e. The molecule has 0 spiro atoms. The van der Waals surface area contributed by atoms with Gasteiger partial charge in [-0.1, -0.05) is 22.9 Å². The van der Waals surface area contributed by atoms with Crippen molar-refractivity contribution >= 4 is 51.6 Å². The van der Waals surface area contributed by atoms with Crippen LogP contribution in [0, 0.1) is 0 Å². The molecule has 170 valence electrons. The second kappa shape index (κ2) is 11.4. The van der Waals surface area contributed by atoms with Crippen LogP contribution in [-0.2, 0) is 0 Å². The molecule has 1 aliphatic rings. The number of benzene rings is 1. The van der Waals surface area contributed by atoms with Gasteiger partial charge < -0.3 is 24.8 Å². The zero-order valence-corrected chi connectivity index (χ0v) is 20.9. The number of piperazine rings is 1. The minimum absolute atomic E-state index is 0. The highest BCUT2D eigenvalue weighted by Gasteiger charge is 2.22. The molecule has 1 aromatic carbocycles. The maximum absolute atomic E-state index is 12.5. The first-order chi connectivity index (χ1) is 14.4. The van der Waals surface area contributed by atoms with Crippen LogP contribution >= 0.6 is 28.3 Å². The molecule has 9 heteroatoms. The van der Waals surface area contributed by atoms with Crippen LogP contribution in [0.5, 0.6) is 5.75 Å². The van der Waals surface area contributed by atoms with Crippen molar-refractivity contribution in [3.8, 4) is 5.75 Å². The molecule has 1 aliphatic heterocycles. The quantitative estimate of drug-likeness (QED) is 0.602. The summed E-state index contributed by atoms with van der Waals surface area (Å²) in [6, 6.07) is 9.95. The lowest BCUT2D eigenvalue weighted by atomic mass is 10.2. The summed E-state index contributed by atoms with van der Waals surface area (Å²) < 4.78 is 6.56. The van der Waals surface area contributed by atoms with Crippen LogP contribution in [0.1, 0.15) is 23.7 Å². The van der Waals surface area contributed by atoms with Crippen molar-refractivity contribution < 1.29 is 9.53 Å². The van der Waals surface area contributed by atoms with E-state index in [1.807, 2.05) is 24.3 Å². The van der Waals surface area contributed by atoms with E-state index in [1.54, 1.807) is 26.1 Å². The smallest absolute Gasteiger partial charge is 0.257 e. The second-order valence-electron chi connectivity index (χ2n) is 7.48. The summed E-state index contributed by atoms with van der Waals surface area (Å²) in [6.07, 6.45) is 0.967. The molecule has 0 bridgehead atoms. The van der Waals surface area contributed by atoms with Crippen molar-refractivity contribution in [1.29, 1.82) is 0 Å². The van der Waals surface area contributed by atoms with E-state index in [2.05, 4.69) is 44.0 Å². The van der Waals surface area contributed by atoms with E-state index >= 15 is 0 Å². The van der Waals surface area contributed by atoms with Crippen molar-refractivity contribution in [2.24, 2.45) is 0 Å². The number of hydrogen-bond donors (Lipinski definition) is 1. The Balaban J connectivity index is 0.00000341. The molecule has 0 radical (unpaired) electrons. The monoisotopic (exact) mass is 511 g/mol. The molecule has 1 N–H and O–H groups in total. The minimum atomic E-state index is -0.0418. The van der Waals surface area contributed by atoms with Crippen LogP contribution in [0.25, 0.3) is 0 Å². The van der Waals surface area contributed by atoms with E-state index in [0.29, 0.717) is 11.4 Å². The number of hydrogen-bond acceptors (Lipinski definition) is 6. The van der Waals surface area contributed by atoms with Gasteiger partial charge in [0.25, 0.3) is 5.91 Å². The number of halogens is 2. The Morgan fingerprint density at radius 2 is 1.84 bits per heavy atom. The number of amides is 1. The Hall–Kier alpha value is -2.19. The van der Waals surface area contributed by atoms with Gasteiger partial charge in [0.1, 0.15) is 17.4 Å². The normalized spacial score (nSPS) is 13.5.